The van der Waals surface area contributed by atoms with E-state index in [-0.39, 0.29) is 0 Å². The molecule has 0 spiro atoms. The summed E-state index contributed by atoms with van der Waals surface area (Å²) in [6, 6.07) is 9.40. The number of amides is 1. The third kappa shape index (κ3) is 3.84. The lowest BCUT2D eigenvalue weighted by molar-refractivity contribution is 0.100. The SMILES string of the molecule is NC(=O)c1cc2c(cc1-c1nnc(Cc3ccc(Cl)c(Cl)c3)s1)CNCC2. The van der Waals surface area contributed by atoms with Crippen molar-refractivity contribution in [1.29, 1.82) is 0 Å². The summed E-state index contributed by atoms with van der Waals surface area (Å²) in [6.07, 6.45) is 1.47. The fourth-order valence-corrected chi connectivity index (χ4v) is 4.40. The van der Waals surface area contributed by atoms with E-state index in [1.807, 2.05) is 24.3 Å². The molecule has 3 aromatic rings. The van der Waals surface area contributed by atoms with Crippen molar-refractivity contribution in [3.05, 3.63) is 67.6 Å². The molecule has 0 aliphatic carbocycles. The number of rotatable bonds is 4. The smallest absolute Gasteiger partial charge is 0.249 e. The van der Waals surface area contributed by atoms with Crippen LogP contribution in [0.1, 0.15) is 32.1 Å². The molecule has 0 atom stereocenters. The molecule has 0 saturated heterocycles. The third-order valence-corrected chi connectivity index (χ3v) is 6.22. The maximum atomic E-state index is 12.0. The van der Waals surface area contributed by atoms with Gasteiger partial charge in [-0.2, -0.15) is 0 Å². The Bertz CT molecular complexity index is 1030. The number of carbonyl (C=O) groups is 1. The van der Waals surface area contributed by atoms with Crippen molar-refractivity contribution in [2.75, 3.05) is 6.54 Å². The summed E-state index contributed by atoms with van der Waals surface area (Å²) < 4.78 is 0. The van der Waals surface area contributed by atoms with Gasteiger partial charge in [-0.05, 0) is 53.9 Å². The van der Waals surface area contributed by atoms with Gasteiger partial charge in [0.25, 0.3) is 0 Å². The van der Waals surface area contributed by atoms with Crippen LogP contribution in [0.3, 0.4) is 0 Å². The average molecular weight is 419 g/mol. The van der Waals surface area contributed by atoms with Crippen LogP contribution >= 0.6 is 34.5 Å². The minimum atomic E-state index is -0.451. The van der Waals surface area contributed by atoms with Crippen LogP contribution in [0.25, 0.3) is 10.6 Å². The van der Waals surface area contributed by atoms with Crippen LogP contribution in [0.5, 0.6) is 0 Å². The zero-order valence-electron chi connectivity index (χ0n) is 14.3. The lowest BCUT2D eigenvalue weighted by Gasteiger charge is -2.19. The largest absolute Gasteiger partial charge is 0.366 e. The summed E-state index contributed by atoms with van der Waals surface area (Å²) in [6.45, 7) is 1.67. The fourth-order valence-electron chi connectivity index (χ4n) is 3.17. The molecule has 5 nitrogen and oxygen atoms in total. The van der Waals surface area contributed by atoms with E-state index in [9.17, 15) is 4.79 Å². The van der Waals surface area contributed by atoms with Crippen LogP contribution in [0.15, 0.2) is 30.3 Å². The van der Waals surface area contributed by atoms with Gasteiger partial charge in [0.15, 0.2) is 0 Å². The quantitative estimate of drug-likeness (QED) is 0.673. The van der Waals surface area contributed by atoms with Gasteiger partial charge in [-0.3, -0.25) is 4.79 Å². The number of hydrogen-bond donors (Lipinski definition) is 2. The minimum absolute atomic E-state index is 0.451. The zero-order valence-corrected chi connectivity index (χ0v) is 16.6. The van der Waals surface area contributed by atoms with Crippen LogP contribution in [0.2, 0.25) is 10.0 Å². The molecule has 0 fully saturated rings. The second-order valence-electron chi connectivity index (χ2n) is 6.38. The molecule has 0 saturated carbocycles. The molecule has 4 rings (SSSR count). The Labute approximate surface area is 170 Å². The molecule has 1 aliphatic heterocycles. The number of halogens is 2. The normalized spacial score (nSPS) is 13.4. The molecular formula is C19H16Cl2N4OS. The molecule has 3 N–H and O–H groups in total. The topological polar surface area (TPSA) is 80.9 Å². The van der Waals surface area contributed by atoms with Crippen molar-refractivity contribution < 1.29 is 4.79 Å². The van der Waals surface area contributed by atoms with Crippen LogP contribution in [0, 0.1) is 0 Å². The zero-order chi connectivity index (χ0) is 19.0. The lowest BCUT2D eigenvalue weighted by Crippen LogP contribution is -2.24. The van der Waals surface area contributed by atoms with E-state index in [4.69, 9.17) is 28.9 Å². The Morgan fingerprint density at radius 1 is 1.15 bits per heavy atom. The van der Waals surface area contributed by atoms with E-state index in [2.05, 4.69) is 15.5 Å². The number of primary amides is 1. The summed E-state index contributed by atoms with van der Waals surface area (Å²) in [4.78, 5) is 12.0. The van der Waals surface area contributed by atoms with Crippen molar-refractivity contribution >= 4 is 40.4 Å². The van der Waals surface area contributed by atoms with Gasteiger partial charge >= 0.3 is 0 Å². The van der Waals surface area contributed by atoms with E-state index < -0.39 is 5.91 Å². The standard InChI is InChI=1S/C19H16Cl2N4OS/c20-15-2-1-10(5-16(15)21)6-17-24-25-19(27-17)14-8-12-9-23-4-3-11(12)7-13(14)18(22)26/h1-2,5,7-8,23H,3-4,6,9H2,(H2,22,26). The van der Waals surface area contributed by atoms with E-state index in [1.165, 1.54) is 16.9 Å². The van der Waals surface area contributed by atoms with Crippen molar-refractivity contribution in [1.82, 2.24) is 15.5 Å². The predicted molar refractivity (Wildman–Crippen MR) is 109 cm³/mol. The predicted octanol–water partition coefficient (Wildman–Crippen LogP) is 3.85. The second kappa shape index (κ2) is 7.56. The average Bonchev–Trinajstić information content (AvgIpc) is 3.12. The number of benzene rings is 2. The summed E-state index contributed by atoms with van der Waals surface area (Å²) in [5.74, 6) is -0.451. The van der Waals surface area contributed by atoms with Crippen molar-refractivity contribution in [3.63, 3.8) is 0 Å². The van der Waals surface area contributed by atoms with Crippen molar-refractivity contribution in [3.8, 4) is 10.6 Å². The van der Waals surface area contributed by atoms with Gasteiger partial charge in [0.2, 0.25) is 5.91 Å². The number of carbonyl (C=O) groups excluding carboxylic acids is 1. The first-order valence-electron chi connectivity index (χ1n) is 8.44. The summed E-state index contributed by atoms with van der Waals surface area (Å²) in [5.41, 5.74) is 10.2. The van der Waals surface area contributed by atoms with Gasteiger partial charge in [-0.15, -0.1) is 10.2 Å². The maximum absolute atomic E-state index is 12.0. The van der Waals surface area contributed by atoms with Gasteiger partial charge in [-0.1, -0.05) is 40.6 Å². The monoisotopic (exact) mass is 418 g/mol. The molecule has 0 radical (unpaired) electrons. The number of fused-ring (bicyclic) bond motifs is 1. The van der Waals surface area contributed by atoms with Crippen LogP contribution in [0.4, 0.5) is 0 Å². The highest BCUT2D eigenvalue weighted by Crippen LogP contribution is 2.32. The Hall–Kier alpha value is -1.99. The Morgan fingerprint density at radius 3 is 2.78 bits per heavy atom. The highest BCUT2D eigenvalue weighted by atomic mass is 35.5. The molecule has 0 bridgehead atoms. The number of hydrogen-bond acceptors (Lipinski definition) is 5. The fraction of sp³-hybridized carbons (Fsp3) is 0.211. The van der Waals surface area contributed by atoms with Gasteiger partial charge in [0.1, 0.15) is 10.0 Å². The summed E-state index contributed by atoms with van der Waals surface area (Å²) >= 11 is 13.5. The number of nitrogens with zero attached hydrogens (tertiary/aromatic N) is 2. The third-order valence-electron chi connectivity index (χ3n) is 4.53. The van der Waals surface area contributed by atoms with E-state index in [1.54, 1.807) is 6.07 Å². The second-order valence-corrected chi connectivity index (χ2v) is 8.26. The van der Waals surface area contributed by atoms with Crippen molar-refractivity contribution in [2.45, 2.75) is 19.4 Å². The van der Waals surface area contributed by atoms with Crippen LogP contribution in [-0.4, -0.2) is 22.6 Å². The number of nitrogens with one attached hydrogen (secondary N) is 1. The van der Waals surface area contributed by atoms with Gasteiger partial charge in [-0.25, -0.2) is 0 Å². The molecule has 2 heterocycles. The van der Waals surface area contributed by atoms with E-state index >= 15 is 0 Å². The van der Waals surface area contributed by atoms with Gasteiger partial charge in [0.05, 0.1) is 10.0 Å². The first-order valence-corrected chi connectivity index (χ1v) is 10.0. The van der Waals surface area contributed by atoms with Gasteiger partial charge < -0.3 is 11.1 Å². The highest BCUT2D eigenvalue weighted by Gasteiger charge is 2.19. The molecule has 27 heavy (non-hydrogen) atoms. The molecule has 1 aromatic heterocycles. The molecule has 0 unspecified atom stereocenters. The molecule has 2 aromatic carbocycles. The Morgan fingerprint density at radius 2 is 2.00 bits per heavy atom. The molecule has 1 amide bonds. The van der Waals surface area contributed by atoms with E-state index in [0.29, 0.717) is 27.0 Å². The number of nitrogens with two attached hydrogens (primary N) is 1. The molecular weight excluding hydrogens is 403 g/mol. The van der Waals surface area contributed by atoms with Crippen LogP contribution in [-0.2, 0) is 19.4 Å². The van der Waals surface area contributed by atoms with Crippen LogP contribution < -0.4 is 11.1 Å². The minimum Gasteiger partial charge on any atom is -0.366 e. The molecule has 8 heteroatoms. The summed E-state index contributed by atoms with van der Waals surface area (Å²) in [5, 5.41) is 14.5. The highest BCUT2D eigenvalue weighted by molar-refractivity contribution is 7.14. The summed E-state index contributed by atoms with van der Waals surface area (Å²) in [7, 11) is 0. The Kier molecular flexibility index (Phi) is 5.14. The van der Waals surface area contributed by atoms with E-state index in [0.717, 1.165) is 41.2 Å². The number of aromatic nitrogens is 2. The Balaban J connectivity index is 1.68. The first-order chi connectivity index (χ1) is 13.0. The lowest BCUT2D eigenvalue weighted by atomic mass is 9.94. The molecule has 138 valence electrons. The maximum Gasteiger partial charge on any atom is 0.249 e. The molecule has 1 aliphatic rings. The van der Waals surface area contributed by atoms with Crippen molar-refractivity contribution in [2.24, 2.45) is 5.73 Å². The van der Waals surface area contributed by atoms with Gasteiger partial charge in [0, 0.05) is 24.1 Å². The first kappa shape index (κ1) is 18.4.